The van der Waals surface area contributed by atoms with Gasteiger partial charge in [-0.25, -0.2) is 4.39 Å². The van der Waals surface area contributed by atoms with Crippen molar-refractivity contribution in [2.24, 2.45) is 0 Å². The normalized spacial score (nSPS) is 13.8. The molecule has 0 aliphatic rings. The van der Waals surface area contributed by atoms with Gasteiger partial charge in [-0.2, -0.15) is 0 Å². The van der Waals surface area contributed by atoms with Crippen LogP contribution in [0.3, 0.4) is 0 Å². The zero-order chi connectivity index (χ0) is 15.4. The molecule has 2 rings (SSSR count). The van der Waals surface area contributed by atoms with Gasteiger partial charge in [-0.3, -0.25) is 0 Å². The van der Waals surface area contributed by atoms with Crippen LogP contribution in [0.4, 0.5) is 4.39 Å². The fraction of sp³-hybridized carbons (Fsp3) is 0.333. The maximum Gasteiger partial charge on any atom is 0.123 e. The summed E-state index contributed by atoms with van der Waals surface area (Å²) >= 11 is 0. The van der Waals surface area contributed by atoms with E-state index in [9.17, 15) is 4.39 Å². The molecular formula is C18H22FNO. The Kier molecular flexibility index (Phi) is 4.97. The standard InChI is InChI=1S/C18H22FNO/c1-12-5-10-17(18(11-12)21-4)14(3)20-13(2)15-6-8-16(19)9-7-15/h5-11,13-14,20H,1-4H3/t13-,14?/m0/s1. The Morgan fingerprint density at radius 2 is 1.67 bits per heavy atom. The van der Waals surface area contributed by atoms with Gasteiger partial charge in [0, 0.05) is 17.6 Å². The van der Waals surface area contributed by atoms with Crippen LogP contribution in [0.2, 0.25) is 0 Å². The van der Waals surface area contributed by atoms with Gasteiger partial charge in [0.25, 0.3) is 0 Å². The Morgan fingerprint density at radius 3 is 2.29 bits per heavy atom. The van der Waals surface area contributed by atoms with Crippen molar-refractivity contribution >= 4 is 0 Å². The van der Waals surface area contributed by atoms with Crippen LogP contribution in [0.25, 0.3) is 0 Å². The number of nitrogens with one attached hydrogen (secondary N) is 1. The van der Waals surface area contributed by atoms with Crippen LogP contribution in [0.15, 0.2) is 42.5 Å². The van der Waals surface area contributed by atoms with E-state index in [2.05, 4.69) is 31.3 Å². The summed E-state index contributed by atoms with van der Waals surface area (Å²) in [4.78, 5) is 0. The summed E-state index contributed by atoms with van der Waals surface area (Å²) in [6.45, 7) is 6.23. The van der Waals surface area contributed by atoms with Gasteiger partial charge in [0.1, 0.15) is 11.6 Å². The molecule has 1 unspecified atom stereocenters. The van der Waals surface area contributed by atoms with E-state index >= 15 is 0 Å². The highest BCUT2D eigenvalue weighted by atomic mass is 19.1. The van der Waals surface area contributed by atoms with Gasteiger partial charge < -0.3 is 10.1 Å². The third-order valence-electron chi connectivity index (χ3n) is 3.73. The molecule has 112 valence electrons. The highest BCUT2D eigenvalue weighted by molar-refractivity contribution is 5.39. The third-order valence-corrected chi connectivity index (χ3v) is 3.73. The van der Waals surface area contributed by atoms with Gasteiger partial charge in [0.15, 0.2) is 0 Å². The molecule has 0 radical (unpaired) electrons. The first kappa shape index (κ1) is 15.5. The average molecular weight is 287 g/mol. The maximum atomic E-state index is 13.0. The van der Waals surface area contributed by atoms with Crippen molar-refractivity contribution in [2.45, 2.75) is 32.9 Å². The summed E-state index contributed by atoms with van der Waals surface area (Å²) in [5.41, 5.74) is 3.36. The predicted octanol–water partition coefficient (Wildman–Crippen LogP) is 4.55. The van der Waals surface area contributed by atoms with Crippen molar-refractivity contribution in [3.8, 4) is 5.75 Å². The average Bonchev–Trinajstić information content (AvgIpc) is 2.47. The number of methoxy groups -OCH3 is 1. The number of ether oxygens (including phenoxy) is 1. The van der Waals surface area contributed by atoms with E-state index in [4.69, 9.17) is 4.74 Å². The second kappa shape index (κ2) is 6.72. The zero-order valence-corrected chi connectivity index (χ0v) is 13.0. The topological polar surface area (TPSA) is 21.3 Å². The summed E-state index contributed by atoms with van der Waals surface area (Å²) in [6, 6.07) is 13.1. The SMILES string of the molecule is COc1cc(C)ccc1C(C)N[C@@H](C)c1ccc(F)cc1. The van der Waals surface area contributed by atoms with E-state index in [1.807, 2.05) is 25.1 Å². The van der Waals surface area contributed by atoms with E-state index in [1.165, 1.54) is 17.7 Å². The molecule has 2 aromatic rings. The molecule has 21 heavy (non-hydrogen) atoms. The van der Waals surface area contributed by atoms with Gasteiger partial charge in [0.2, 0.25) is 0 Å². The van der Waals surface area contributed by atoms with Crippen LogP contribution in [0, 0.1) is 12.7 Å². The van der Waals surface area contributed by atoms with E-state index in [0.29, 0.717) is 0 Å². The minimum Gasteiger partial charge on any atom is -0.496 e. The van der Waals surface area contributed by atoms with Gasteiger partial charge in [0.05, 0.1) is 7.11 Å². The molecule has 0 spiro atoms. The Balaban J connectivity index is 2.13. The summed E-state index contributed by atoms with van der Waals surface area (Å²) in [7, 11) is 1.69. The van der Waals surface area contributed by atoms with E-state index < -0.39 is 0 Å². The second-order valence-electron chi connectivity index (χ2n) is 5.41. The van der Waals surface area contributed by atoms with Gasteiger partial charge >= 0.3 is 0 Å². The maximum absolute atomic E-state index is 13.0. The Labute approximate surface area is 126 Å². The Morgan fingerprint density at radius 1 is 1.00 bits per heavy atom. The second-order valence-corrected chi connectivity index (χ2v) is 5.41. The first-order valence-electron chi connectivity index (χ1n) is 7.17. The first-order chi connectivity index (χ1) is 10.0. The van der Waals surface area contributed by atoms with Crippen molar-refractivity contribution < 1.29 is 9.13 Å². The van der Waals surface area contributed by atoms with Crippen LogP contribution in [-0.4, -0.2) is 7.11 Å². The predicted molar refractivity (Wildman–Crippen MR) is 84.1 cm³/mol. The molecule has 1 N–H and O–H groups in total. The molecule has 0 heterocycles. The van der Waals surface area contributed by atoms with E-state index in [1.54, 1.807) is 7.11 Å². The number of hydrogen-bond donors (Lipinski definition) is 1. The first-order valence-corrected chi connectivity index (χ1v) is 7.17. The molecular weight excluding hydrogens is 265 g/mol. The molecule has 0 amide bonds. The molecule has 0 saturated carbocycles. The lowest BCUT2D eigenvalue weighted by atomic mass is 10.0. The number of halogens is 1. The Bertz CT molecular complexity index is 595. The van der Waals surface area contributed by atoms with Crippen LogP contribution in [0.1, 0.15) is 42.6 Å². The lowest BCUT2D eigenvalue weighted by Crippen LogP contribution is -2.23. The van der Waals surface area contributed by atoms with E-state index in [-0.39, 0.29) is 17.9 Å². The fourth-order valence-electron chi connectivity index (χ4n) is 2.49. The highest BCUT2D eigenvalue weighted by Gasteiger charge is 2.15. The van der Waals surface area contributed by atoms with Gasteiger partial charge in [-0.1, -0.05) is 24.3 Å². The number of aryl methyl sites for hydroxylation is 1. The lowest BCUT2D eigenvalue weighted by Gasteiger charge is -2.22. The zero-order valence-electron chi connectivity index (χ0n) is 13.0. The lowest BCUT2D eigenvalue weighted by molar-refractivity contribution is 0.396. The number of benzene rings is 2. The molecule has 2 nitrogen and oxygen atoms in total. The molecule has 0 aliphatic heterocycles. The molecule has 2 aromatic carbocycles. The molecule has 2 atom stereocenters. The Hall–Kier alpha value is -1.87. The molecule has 0 aromatic heterocycles. The fourth-order valence-corrected chi connectivity index (χ4v) is 2.49. The van der Waals surface area contributed by atoms with Crippen LogP contribution >= 0.6 is 0 Å². The van der Waals surface area contributed by atoms with Crippen LogP contribution in [-0.2, 0) is 0 Å². The van der Waals surface area contributed by atoms with E-state index in [0.717, 1.165) is 16.9 Å². The van der Waals surface area contributed by atoms with Crippen LogP contribution in [0.5, 0.6) is 5.75 Å². The number of rotatable bonds is 5. The summed E-state index contributed by atoms with van der Waals surface area (Å²) in [6.07, 6.45) is 0. The molecule has 3 heteroatoms. The minimum atomic E-state index is -0.209. The number of hydrogen-bond acceptors (Lipinski definition) is 2. The molecule has 0 fully saturated rings. The minimum absolute atomic E-state index is 0.131. The molecule has 0 aliphatic carbocycles. The molecule has 0 bridgehead atoms. The van der Waals surface area contributed by atoms with Crippen molar-refractivity contribution in [3.05, 3.63) is 65.0 Å². The van der Waals surface area contributed by atoms with Gasteiger partial charge in [-0.15, -0.1) is 0 Å². The summed E-state index contributed by atoms with van der Waals surface area (Å²) in [5, 5.41) is 3.52. The highest BCUT2D eigenvalue weighted by Crippen LogP contribution is 2.28. The molecule has 0 saturated heterocycles. The monoisotopic (exact) mass is 287 g/mol. The van der Waals surface area contributed by atoms with Crippen molar-refractivity contribution in [1.29, 1.82) is 0 Å². The van der Waals surface area contributed by atoms with Crippen LogP contribution < -0.4 is 10.1 Å². The van der Waals surface area contributed by atoms with Crippen molar-refractivity contribution in [3.63, 3.8) is 0 Å². The van der Waals surface area contributed by atoms with Crippen molar-refractivity contribution in [2.75, 3.05) is 7.11 Å². The van der Waals surface area contributed by atoms with Gasteiger partial charge in [-0.05, 0) is 50.1 Å². The quantitative estimate of drug-likeness (QED) is 0.870. The largest absolute Gasteiger partial charge is 0.496 e. The van der Waals surface area contributed by atoms with Crippen molar-refractivity contribution in [1.82, 2.24) is 5.32 Å². The summed E-state index contributed by atoms with van der Waals surface area (Å²) in [5.74, 6) is 0.681. The smallest absolute Gasteiger partial charge is 0.123 e. The summed E-state index contributed by atoms with van der Waals surface area (Å²) < 4.78 is 18.4. The third kappa shape index (κ3) is 3.82.